The summed E-state index contributed by atoms with van der Waals surface area (Å²) in [5.41, 5.74) is 2.43. The number of para-hydroxylation sites is 1. The van der Waals surface area contributed by atoms with Gasteiger partial charge in [0.15, 0.2) is 15.7 Å². The number of carbonyl (C=O) groups is 1. The highest BCUT2D eigenvalue weighted by molar-refractivity contribution is 7.90. The van der Waals surface area contributed by atoms with Gasteiger partial charge in [-0.3, -0.25) is 5.41 Å². The zero-order valence-electron chi connectivity index (χ0n) is 18.6. The summed E-state index contributed by atoms with van der Waals surface area (Å²) >= 11 is 1.09. The lowest BCUT2D eigenvalue weighted by Gasteiger charge is -2.15. The van der Waals surface area contributed by atoms with Crippen LogP contribution in [-0.4, -0.2) is 42.8 Å². The van der Waals surface area contributed by atoms with E-state index in [0.29, 0.717) is 16.3 Å². The minimum atomic E-state index is -3.37. The van der Waals surface area contributed by atoms with E-state index in [2.05, 4.69) is 33.3 Å². The molecule has 2 aromatic carbocycles. The second-order valence-corrected chi connectivity index (χ2v) is 10.3. The molecule has 2 N–H and O–H groups in total. The molecule has 0 saturated carbocycles. The summed E-state index contributed by atoms with van der Waals surface area (Å²) in [6.45, 7) is 4.13. The Balaban J connectivity index is 2.05. The summed E-state index contributed by atoms with van der Waals surface area (Å²) in [4.78, 5) is 16.6. The second kappa shape index (κ2) is 10.1. The number of sulfone groups is 1. The van der Waals surface area contributed by atoms with Gasteiger partial charge in [-0.1, -0.05) is 44.2 Å². The first-order chi connectivity index (χ1) is 15.6. The van der Waals surface area contributed by atoms with Crippen LogP contribution < -0.4 is 5.32 Å². The number of nitrogens with zero attached hydrogens (tertiary/aromatic N) is 2. The molecule has 0 spiro atoms. The van der Waals surface area contributed by atoms with Gasteiger partial charge in [0, 0.05) is 17.5 Å². The third-order valence-electron chi connectivity index (χ3n) is 4.72. The molecule has 8 nitrogen and oxygen atoms in total. The Labute approximate surface area is 196 Å². The zero-order chi connectivity index (χ0) is 24.2. The normalized spacial score (nSPS) is 12.0. The first kappa shape index (κ1) is 24.3. The van der Waals surface area contributed by atoms with Crippen LogP contribution in [0.2, 0.25) is 0 Å². The SMILES string of the molecule is COC(=O)C(=N)/C=C(\Nc1ccccc1C(C)C)c1nsc(-c2cccc(S(C)(=O)=O)c2)n1. The minimum absolute atomic E-state index is 0.184. The Bertz CT molecular complexity index is 1330. The molecular formula is C23H24N4O4S2. The Morgan fingerprint density at radius 3 is 2.58 bits per heavy atom. The Morgan fingerprint density at radius 2 is 1.91 bits per heavy atom. The van der Waals surface area contributed by atoms with Crippen LogP contribution in [-0.2, 0) is 19.4 Å². The van der Waals surface area contributed by atoms with Crippen molar-refractivity contribution < 1.29 is 17.9 Å². The molecule has 0 unspecified atom stereocenters. The number of aromatic nitrogens is 2. The predicted molar refractivity (Wildman–Crippen MR) is 130 cm³/mol. The van der Waals surface area contributed by atoms with E-state index in [1.54, 1.807) is 18.2 Å². The lowest BCUT2D eigenvalue weighted by molar-refractivity contribution is -0.132. The zero-order valence-corrected chi connectivity index (χ0v) is 20.3. The molecule has 1 heterocycles. The molecule has 0 fully saturated rings. The van der Waals surface area contributed by atoms with Gasteiger partial charge in [-0.05, 0) is 47.3 Å². The average Bonchev–Trinajstić information content (AvgIpc) is 3.28. The van der Waals surface area contributed by atoms with Gasteiger partial charge in [0.25, 0.3) is 0 Å². The first-order valence-electron chi connectivity index (χ1n) is 9.99. The Morgan fingerprint density at radius 1 is 1.18 bits per heavy atom. The lowest BCUT2D eigenvalue weighted by Crippen LogP contribution is -2.14. The van der Waals surface area contributed by atoms with Gasteiger partial charge in [-0.25, -0.2) is 18.2 Å². The fraction of sp³-hybridized carbons (Fsp3) is 0.217. The minimum Gasteiger partial charge on any atom is -0.464 e. The van der Waals surface area contributed by atoms with Crippen molar-refractivity contribution in [3.05, 3.63) is 66.0 Å². The molecule has 172 valence electrons. The van der Waals surface area contributed by atoms with Crippen LogP contribution in [0.25, 0.3) is 16.3 Å². The number of esters is 1. The molecule has 0 atom stereocenters. The number of hydrogen-bond acceptors (Lipinski definition) is 9. The molecule has 0 aliphatic carbocycles. The van der Waals surface area contributed by atoms with Crippen molar-refractivity contribution in [1.29, 1.82) is 5.41 Å². The molecule has 0 saturated heterocycles. The van der Waals surface area contributed by atoms with Gasteiger partial charge in [0.2, 0.25) is 0 Å². The topological polar surface area (TPSA) is 122 Å². The van der Waals surface area contributed by atoms with Crippen LogP contribution in [0.15, 0.2) is 59.5 Å². The number of benzene rings is 2. The van der Waals surface area contributed by atoms with Gasteiger partial charge < -0.3 is 10.1 Å². The molecule has 0 aliphatic rings. The monoisotopic (exact) mass is 484 g/mol. The number of carbonyl (C=O) groups excluding carboxylic acids is 1. The van der Waals surface area contributed by atoms with Gasteiger partial charge in [0.1, 0.15) is 10.7 Å². The number of methoxy groups -OCH3 is 1. The van der Waals surface area contributed by atoms with E-state index in [0.717, 1.165) is 29.0 Å². The highest BCUT2D eigenvalue weighted by Crippen LogP contribution is 2.29. The van der Waals surface area contributed by atoms with Crippen LogP contribution >= 0.6 is 11.5 Å². The van der Waals surface area contributed by atoms with E-state index in [9.17, 15) is 13.2 Å². The summed E-state index contributed by atoms with van der Waals surface area (Å²) in [5.74, 6) is -0.289. The van der Waals surface area contributed by atoms with E-state index in [1.165, 1.54) is 19.3 Å². The van der Waals surface area contributed by atoms with Crippen molar-refractivity contribution in [2.45, 2.75) is 24.7 Å². The lowest BCUT2D eigenvalue weighted by atomic mass is 10.0. The van der Waals surface area contributed by atoms with Crippen molar-refractivity contribution in [2.75, 3.05) is 18.7 Å². The molecule has 0 bridgehead atoms. The molecule has 0 amide bonds. The maximum absolute atomic E-state index is 11.9. The highest BCUT2D eigenvalue weighted by atomic mass is 32.2. The van der Waals surface area contributed by atoms with Crippen molar-refractivity contribution in [3.8, 4) is 10.6 Å². The highest BCUT2D eigenvalue weighted by Gasteiger charge is 2.17. The molecule has 1 aromatic heterocycles. The van der Waals surface area contributed by atoms with Gasteiger partial charge in [-0.2, -0.15) is 4.37 Å². The van der Waals surface area contributed by atoms with E-state index in [4.69, 9.17) is 5.41 Å². The largest absolute Gasteiger partial charge is 0.464 e. The summed E-state index contributed by atoms with van der Waals surface area (Å²) in [5, 5.41) is 11.8. The molecular weight excluding hydrogens is 460 g/mol. The molecule has 10 heteroatoms. The number of nitrogens with one attached hydrogen (secondary N) is 2. The number of ether oxygens (including phenoxy) is 1. The quantitative estimate of drug-likeness (QED) is 0.359. The molecule has 0 aliphatic heterocycles. The van der Waals surface area contributed by atoms with Gasteiger partial charge in [0.05, 0.1) is 17.7 Å². The number of rotatable bonds is 8. The molecule has 3 rings (SSSR count). The standard InChI is InChI=1S/C23H24N4O4S2/c1-14(2)17-10-5-6-11-19(17)25-20(13-18(24)23(28)31-3)21-26-22(32-27-21)15-8-7-9-16(12-15)33(4,29)30/h5-14,24-25H,1-4H3/b20-13-,24-18?. The predicted octanol–water partition coefficient (Wildman–Crippen LogP) is 4.38. The maximum atomic E-state index is 11.9. The summed E-state index contributed by atoms with van der Waals surface area (Å²) in [6, 6.07) is 14.2. The fourth-order valence-electron chi connectivity index (χ4n) is 3.04. The van der Waals surface area contributed by atoms with Gasteiger partial charge in [-0.15, -0.1) is 0 Å². The molecule has 0 radical (unpaired) electrons. The van der Waals surface area contributed by atoms with Crippen molar-refractivity contribution in [2.24, 2.45) is 0 Å². The van der Waals surface area contributed by atoms with Crippen molar-refractivity contribution in [3.63, 3.8) is 0 Å². The maximum Gasteiger partial charge on any atom is 0.356 e. The third-order valence-corrected chi connectivity index (χ3v) is 6.60. The molecule has 3 aromatic rings. The Hall–Kier alpha value is -3.37. The van der Waals surface area contributed by atoms with E-state index < -0.39 is 15.8 Å². The van der Waals surface area contributed by atoms with E-state index in [-0.39, 0.29) is 22.3 Å². The average molecular weight is 485 g/mol. The number of hydrogen-bond donors (Lipinski definition) is 2. The summed E-state index contributed by atoms with van der Waals surface area (Å²) < 4.78 is 32.9. The first-order valence-corrected chi connectivity index (χ1v) is 12.7. The van der Waals surface area contributed by atoms with Crippen LogP contribution in [0.3, 0.4) is 0 Å². The number of anilines is 1. The van der Waals surface area contributed by atoms with Crippen LogP contribution in [0.4, 0.5) is 5.69 Å². The van der Waals surface area contributed by atoms with Crippen molar-refractivity contribution in [1.82, 2.24) is 9.36 Å². The third kappa shape index (κ3) is 5.91. The second-order valence-electron chi connectivity index (χ2n) is 7.55. The Kier molecular flexibility index (Phi) is 7.39. The van der Waals surface area contributed by atoms with Crippen LogP contribution in [0.1, 0.15) is 31.2 Å². The van der Waals surface area contributed by atoms with E-state index >= 15 is 0 Å². The fourth-order valence-corrected chi connectivity index (χ4v) is 4.38. The van der Waals surface area contributed by atoms with E-state index in [1.807, 2.05) is 24.3 Å². The summed E-state index contributed by atoms with van der Waals surface area (Å²) in [6.07, 6.45) is 2.47. The molecule has 33 heavy (non-hydrogen) atoms. The van der Waals surface area contributed by atoms with Gasteiger partial charge >= 0.3 is 5.97 Å². The smallest absolute Gasteiger partial charge is 0.356 e. The van der Waals surface area contributed by atoms with Crippen LogP contribution in [0, 0.1) is 5.41 Å². The van der Waals surface area contributed by atoms with Crippen LogP contribution in [0.5, 0.6) is 0 Å². The summed E-state index contributed by atoms with van der Waals surface area (Å²) in [7, 11) is -2.16. The van der Waals surface area contributed by atoms with Crippen molar-refractivity contribution >= 4 is 44.4 Å².